The Hall–Kier alpha value is -0.150. The average Bonchev–Trinajstić information content (AvgIpc) is 1.66. The van der Waals surface area contributed by atoms with E-state index in [2.05, 4.69) is 17.0 Å². The van der Waals surface area contributed by atoms with Gasteiger partial charge in [-0.15, -0.1) is 0 Å². The highest BCUT2D eigenvalue weighted by Gasteiger charge is 1.90. The number of thiocarbonyl (C=S) groups is 1. The fraction of sp³-hybridized carbons (Fsp3) is 0.500. The number of carbonyl (C=O) groups excluding carboxylic acids is 1. The van der Waals surface area contributed by atoms with Crippen LogP contribution in [0.4, 0.5) is 4.79 Å². The zero-order valence-electron chi connectivity index (χ0n) is 4.09. The lowest BCUT2D eigenvalue weighted by atomic mass is 10.5. The molecular weight excluding hydrogens is 148 g/mol. The normalized spacial score (nSPS) is 8.12. The van der Waals surface area contributed by atoms with Gasteiger partial charge < -0.3 is 4.74 Å². The molecule has 0 aliphatic rings. The van der Waals surface area contributed by atoms with Crippen molar-refractivity contribution in [3.05, 3.63) is 0 Å². The molecular formula is C4H5ClO2S. The third-order valence-corrected chi connectivity index (χ3v) is 0.796. The van der Waals surface area contributed by atoms with Gasteiger partial charge in [-0.25, -0.2) is 4.79 Å². The first-order valence-corrected chi connectivity index (χ1v) is 2.88. The molecule has 0 aromatic rings. The molecule has 0 atom stereocenters. The van der Waals surface area contributed by atoms with Crippen LogP contribution >= 0.6 is 23.8 Å². The SMILES string of the molecule is O=C(Cl)OCCC=S. The first kappa shape index (κ1) is 7.85. The van der Waals surface area contributed by atoms with Crippen LogP contribution < -0.4 is 0 Å². The van der Waals surface area contributed by atoms with Crippen molar-refractivity contribution in [2.45, 2.75) is 6.42 Å². The highest BCUT2D eigenvalue weighted by Crippen LogP contribution is 1.86. The van der Waals surface area contributed by atoms with E-state index in [1.807, 2.05) is 0 Å². The summed E-state index contributed by atoms with van der Waals surface area (Å²) in [4.78, 5) is 9.81. The molecule has 0 rings (SSSR count). The van der Waals surface area contributed by atoms with Gasteiger partial charge in [0.05, 0.1) is 6.61 Å². The topological polar surface area (TPSA) is 26.3 Å². The van der Waals surface area contributed by atoms with Crippen molar-refractivity contribution in [1.82, 2.24) is 0 Å². The van der Waals surface area contributed by atoms with Crippen LogP contribution in [-0.4, -0.2) is 17.4 Å². The van der Waals surface area contributed by atoms with Gasteiger partial charge in [0.15, 0.2) is 0 Å². The van der Waals surface area contributed by atoms with E-state index in [9.17, 15) is 4.79 Å². The summed E-state index contributed by atoms with van der Waals surface area (Å²) in [6, 6.07) is 0. The van der Waals surface area contributed by atoms with Crippen molar-refractivity contribution in [2.75, 3.05) is 6.61 Å². The molecule has 46 valence electrons. The van der Waals surface area contributed by atoms with Crippen molar-refractivity contribution in [3.63, 3.8) is 0 Å². The van der Waals surface area contributed by atoms with E-state index in [0.717, 1.165) is 0 Å². The van der Waals surface area contributed by atoms with Crippen molar-refractivity contribution >= 4 is 34.6 Å². The quantitative estimate of drug-likeness (QED) is 0.350. The predicted octanol–water partition coefficient (Wildman–Crippen LogP) is 1.75. The van der Waals surface area contributed by atoms with Gasteiger partial charge in [-0.3, -0.25) is 0 Å². The average molecular weight is 153 g/mol. The number of ether oxygens (including phenoxy) is 1. The molecule has 8 heavy (non-hydrogen) atoms. The maximum Gasteiger partial charge on any atom is 0.403 e. The van der Waals surface area contributed by atoms with Gasteiger partial charge in [-0.1, -0.05) is 12.2 Å². The first-order chi connectivity index (χ1) is 3.77. The molecule has 0 unspecified atom stereocenters. The third-order valence-electron chi connectivity index (χ3n) is 0.451. The fourth-order valence-electron chi connectivity index (χ4n) is 0.187. The minimum Gasteiger partial charge on any atom is -0.453 e. The molecule has 0 aliphatic heterocycles. The smallest absolute Gasteiger partial charge is 0.403 e. The molecule has 0 spiro atoms. The number of carbonyl (C=O) groups is 1. The van der Waals surface area contributed by atoms with Gasteiger partial charge in [0, 0.05) is 18.0 Å². The monoisotopic (exact) mass is 152 g/mol. The Morgan fingerprint density at radius 1 is 1.88 bits per heavy atom. The fourth-order valence-corrected chi connectivity index (χ4v) is 0.361. The van der Waals surface area contributed by atoms with Gasteiger partial charge in [0.1, 0.15) is 0 Å². The number of halogens is 1. The van der Waals surface area contributed by atoms with Crippen molar-refractivity contribution in [2.24, 2.45) is 0 Å². The van der Waals surface area contributed by atoms with Crippen LogP contribution in [0, 0.1) is 0 Å². The van der Waals surface area contributed by atoms with Gasteiger partial charge >= 0.3 is 5.43 Å². The molecule has 0 aromatic carbocycles. The highest BCUT2D eigenvalue weighted by atomic mass is 35.5. The second-order valence-corrected chi connectivity index (χ2v) is 1.68. The zero-order valence-corrected chi connectivity index (χ0v) is 5.67. The Morgan fingerprint density at radius 2 is 2.50 bits per heavy atom. The summed E-state index contributed by atoms with van der Waals surface area (Å²) in [5.74, 6) is 0. The minimum atomic E-state index is -0.776. The Morgan fingerprint density at radius 3 is 2.88 bits per heavy atom. The standard InChI is InChI=1S/C4H5ClO2S/c5-4(6)7-2-1-3-8/h3H,1-2H2. The molecule has 0 N–H and O–H groups in total. The van der Waals surface area contributed by atoms with Crippen LogP contribution in [0.2, 0.25) is 0 Å². The lowest BCUT2D eigenvalue weighted by molar-refractivity contribution is 0.177. The summed E-state index contributed by atoms with van der Waals surface area (Å²) in [5.41, 5.74) is -0.776. The van der Waals surface area contributed by atoms with Gasteiger partial charge in [0.2, 0.25) is 0 Å². The Kier molecular flexibility index (Phi) is 4.90. The molecule has 2 nitrogen and oxygen atoms in total. The molecule has 0 bridgehead atoms. The van der Waals surface area contributed by atoms with Gasteiger partial charge in [0.25, 0.3) is 0 Å². The summed E-state index contributed by atoms with van der Waals surface area (Å²) in [5, 5.41) is 1.49. The summed E-state index contributed by atoms with van der Waals surface area (Å²) < 4.78 is 4.31. The van der Waals surface area contributed by atoms with Crippen LogP contribution in [-0.2, 0) is 4.74 Å². The number of hydrogen-bond donors (Lipinski definition) is 0. The van der Waals surface area contributed by atoms with Gasteiger partial charge in [-0.05, 0) is 5.37 Å². The van der Waals surface area contributed by atoms with E-state index in [1.165, 1.54) is 5.37 Å². The van der Waals surface area contributed by atoms with E-state index in [1.54, 1.807) is 0 Å². The molecule has 0 aliphatic carbocycles. The molecule has 0 fully saturated rings. The summed E-state index contributed by atoms with van der Waals surface area (Å²) >= 11 is 9.25. The highest BCUT2D eigenvalue weighted by molar-refractivity contribution is 7.78. The summed E-state index contributed by atoms with van der Waals surface area (Å²) in [7, 11) is 0. The zero-order chi connectivity index (χ0) is 6.41. The lowest BCUT2D eigenvalue weighted by Crippen LogP contribution is -1.95. The first-order valence-electron chi connectivity index (χ1n) is 2.03. The van der Waals surface area contributed by atoms with Crippen LogP contribution in [0.25, 0.3) is 0 Å². The molecule has 0 heterocycles. The van der Waals surface area contributed by atoms with E-state index < -0.39 is 5.43 Å². The van der Waals surface area contributed by atoms with Crippen LogP contribution in [0.1, 0.15) is 6.42 Å². The number of hydrogen-bond acceptors (Lipinski definition) is 3. The summed E-state index contributed by atoms with van der Waals surface area (Å²) in [6.07, 6.45) is 0.577. The van der Waals surface area contributed by atoms with Crippen LogP contribution in [0.5, 0.6) is 0 Å². The second kappa shape index (κ2) is 5.00. The van der Waals surface area contributed by atoms with Crippen molar-refractivity contribution in [3.8, 4) is 0 Å². The predicted molar refractivity (Wildman–Crippen MR) is 35.5 cm³/mol. The Labute approximate surface area is 57.8 Å². The van der Waals surface area contributed by atoms with Gasteiger partial charge in [-0.2, -0.15) is 0 Å². The van der Waals surface area contributed by atoms with E-state index in [0.29, 0.717) is 6.42 Å². The second-order valence-electron chi connectivity index (χ2n) is 1.04. The molecule has 4 heteroatoms. The number of rotatable bonds is 3. The van der Waals surface area contributed by atoms with E-state index >= 15 is 0 Å². The molecule has 0 saturated heterocycles. The molecule has 0 amide bonds. The maximum atomic E-state index is 9.81. The minimum absolute atomic E-state index is 0.284. The Bertz CT molecular complexity index is 94.0. The largest absolute Gasteiger partial charge is 0.453 e. The van der Waals surface area contributed by atoms with E-state index in [4.69, 9.17) is 11.6 Å². The van der Waals surface area contributed by atoms with E-state index in [-0.39, 0.29) is 6.61 Å². The third kappa shape index (κ3) is 5.85. The van der Waals surface area contributed by atoms with Crippen LogP contribution in [0.15, 0.2) is 0 Å². The Balaban J connectivity index is 2.93. The summed E-state index contributed by atoms with van der Waals surface area (Å²) in [6.45, 7) is 0.284. The maximum absolute atomic E-state index is 9.81. The molecule has 0 radical (unpaired) electrons. The van der Waals surface area contributed by atoms with Crippen molar-refractivity contribution < 1.29 is 9.53 Å². The van der Waals surface area contributed by atoms with Crippen LogP contribution in [0.3, 0.4) is 0 Å². The molecule has 0 aromatic heterocycles. The van der Waals surface area contributed by atoms with Crippen molar-refractivity contribution in [1.29, 1.82) is 0 Å². The molecule has 0 saturated carbocycles. The lowest BCUT2D eigenvalue weighted by Gasteiger charge is -1.92.